The molecule has 0 rings (SSSR count). The van der Waals surface area contributed by atoms with Gasteiger partial charge in [-0.2, -0.15) is 0 Å². The summed E-state index contributed by atoms with van der Waals surface area (Å²) in [6.45, 7) is 7.11. The van der Waals surface area contributed by atoms with E-state index in [0.717, 1.165) is 12.8 Å². The van der Waals surface area contributed by atoms with Gasteiger partial charge in [-0.1, -0.05) is 19.8 Å². The van der Waals surface area contributed by atoms with Crippen LogP contribution in [0.25, 0.3) is 0 Å². The van der Waals surface area contributed by atoms with Crippen LogP contribution in [0, 0.1) is 14.0 Å². The summed E-state index contributed by atoms with van der Waals surface area (Å²) in [7, 11) is 0. The van der Waals surface area contributed by atoms with Gasteiger partial charge in [0.2, 0.25) is 0 Å². The summed E-state index contributed by atoms with van der Waals surface area (Å²) in [6.07, 6.45) is 3.89. The molecule has 0 spiro atoms. The van der Waals surface area contributed by atoms with E-state index in [1.807, 2.05) is 0 Å². The first-order valence-electron chi connectivity index (χ1n) is 1.95. The van der Waals surface area contributed by atoms with Crippen LogP contribution in [0.4, 0.5) is 0 Å². The van der Waals surface area contributed by atoms with Crippen molar-refractivity contribution in [3.05, 3.63) is 20.1 Å². The fourth-order valence-corrected chi connectivity index (χ4v) is 0.167. The minimum absolute atomic E-state index is 0. The summed E-state index contributed by atoms with van der Waals surface area (Å²) < 4.78 is 0. The van der Waals surface area contributed by atoms with Gasteiger partial charge in [0.15, 0.2) is 0 Å². The fraction of sp³-hybridized carbons (Fsp3) is 0.500. The van der Waals surface area contributed by atoms with Crippen LogP contribution in [0.15, 0.2) is 6.08 Å². The summed E-state index contributed by atoms with van der Waals surface area (Å²) in [5, 5.41) is 0. The maximum atomic E-state index is 5.01. The van der Waals surface area contributed by atoms with Crippen LogP contribution in [-0.4, -0.2) is 23.1 Å². The Kier molecular flexibility index (Phi) is 70.7. The summed E-state index contributed by atoms with van der Waals surface area (Å²) in [5.41, 5.74) is 0. The summed E-state index contributed by atoms with van der Waals surface area (Å²) in [5.74, 6) is 0. The average Bonchev–Trinajstić information content (AvgIpc) is 1.41. The van der Waals surface area contributed by atoms with Gasteiger partial charge >= 0.3 is 23.1 Å². The molecule has 0 unspecified atom stereocenters. The van der Waals surface area contributed by atoms with E-state index in [-0.39, 0.29) is 47.5 Å². The van der Waals surface area contributed by atoms with E-state index in [0.29, 0.717) is 0 Å². The molecule has 0 bridgehead atoms. The van der Waals surface area contributed by atoms with Gasteiger partial charge in [0.25, 0.3) is 0 Å². The van der Waals surface area contributed by atoms with Gasteiger partial charge in [0.1, 0.15) is 0 Å². The number of unbranched alkanes of at least 4 members (excludes halogenated alkanes) is 1. The third-order valence-electron chi connectivity index (χ3n) is 0.455. The number of hydrogen-bond donors (Lipinski definition) is 0. The van der Waals surface area contributed by atoms with Gasteiger partial charge in [0, 0.05) is 0 Å². The Morgan fingerprint density at radius 1 is 1.50 bits per heavy atom. The molecule has 8 heavy (non-hydrogen) atoms. The molecule has 0 saturated carbocycles. The van der Waals surface area contributed by atoms with Crippen molar-refractivity contribution in [3.63, 3.8) is 0 Å². The summed E-state index contributed by atoms with van der Waals surface area (Å²) >= 11 is 0. The van der Waals surface area contributed by atoms with Crippen LogP contribution < -0.4 is 0 Å². The molecule has 0 aromatic heterocycles. The molecule has 0 aliphatic rings. The Balaban J connectivity index is -0.0000000267. The first kappa shape index (κ1) is 23.1. The number of hydrogen-bond acceptors (Lipinski definition) is 0. The zero-order valence-corrected chi connectivity index (χ0v) is 8.81. The minimum atomic E-state index is 0. The third kappa shape index (κ3) is 28.1. The fourth-order valence-electron chi connectivity index (χ4n) is 0.167. The average molecular weight is 189 g/mol. The standard InChI is InChI=1S/C5H9.CH3.BrH.Mg/c1-3-5-4-2;;;/h1,3H,4-5H2,2H3;1H3;1H;/q2*-1;;+2. The van der Waals surface area contributed by atoms with Crippen LogP contribution in [0.1, 0.15) is 19.8 Å². The molecule has 0 nitrogen and oxygen atoms in total. The zero-order chi connectivity index (χ0) is 4.12. The number of halogens is 1. The van der Waals surface area contributed by atoms with Gasteiger partial charge in [-0.3, -0.25) is 6.08 Å². The largest absolute Gasteiger partial charge is 2.00 e. The molecule has 0 heterocycles. The second kappa shape index (κ2) is 24.5. The second-order valence-electron chi connectivity index (χ2n) is 1.02. The molecule has 0 radical (unpaired) electrons. The predicted octanol–water partition coefficient (Wildman–Crippen LogP) is 2.42. The smallest absolute Gasteiger partial charge is 0.518 e. The Morgan fingerprint density at radius 3 is 1.88 bits per heavy atom. The van der Waals surface area contributed by atoms with E-state index >= 15 is 0 Å². The first-order chi connectivity index (χ1) is 2.41. The Hall–Kier alpha value is 0.986. The number of rotatable bonds is 2. The number of allylic oxidation sites excluding steroid dienone is 1. The summed E-state index contributed by atoms with van der Waals surface area (Å²) in [6, 6.07) is 0. The van der Waals surface area contributed by atoms with Crippen molar-refractivity contribution in [2.24, 2.45) is 0 Å². The van der Waals surface area contributed by atoms with Gasteiger partial charge in [-0.15, -0.1) is 17.0 Å². The quantitative estimate of drug-likeness (QED) is 0.462. The second-order valence-corrected chi connectivity index (χ2v) is 1.02. The van der Waals surface area contributed by atoms with Crippen molar-refractivity contribution < 1.29 is 0 Å². The predicted molar refractivity (Wildman–Crippen MR) is 46.3 cm³/mol. The van der Waals surface area contributed by atoms with Crippen molar-refractivity contribution in [2.45, 2.75) is 19.8 Å². The van der Waals surface area contributed by atoms with Crippen molar-refractivity contribution in [1.29, 1.82) is 0 Å². The molecular weight excluding hydrogens is 176 g/mol. The maximum Gasteiger partial charge on any atom is 2.00 e. The monoisotopic (exact) mass is 188 g/mol. The van der Waals surface area contributed by atoms with E-state index in [9.17, 15) is 0 Å². The first-order valence-corrected chi connectivity index (χ1v) is 1.95. The van der Waals surface area contributed by atoms with Gasteiger partial charge in [0.05, 0.1) is 0 Å². The Labute approximate surface area is 79.7 Å². The topological polar surface area (TPSA) is 0 Å². The van der Waals surface area contributed by atoms with Crippen LogP contribution in [0.2, 0.25) is 0 Å². The van der Waals surface area contributed by atoms with E-state index in [4.69, 9.17) is 6.58 Å². The Morgan fingerprint density at radius 2 is 1.88 bits per heavy atom. The molecule has 0 fully saturated rings. The summed E-state index contributed by atoms with van der Waals surface area (Å²) in [4.78, 5) is 0. The van der Waals surface area contributed by atoms with Gasteiger partial charge in [-0.25, -0.2) is 0 Å². The van der Waals surface area contributed by atoms with Crippen molar-refractivity contribution in [3.8, 4) is 0 Å². The van der Waals surface area contributed by atoms with E-state index < -0.39 is 0 Å². The molecule has 0 aliphatic carbocycles. The Bertz CT molecular complexity index is 29.7. The zero-order valence-electron chi connectivity index (χ0n) is 5.68. The van der Waals surface area contributed by atoms with Crippen LogP contribution in [0.3, 0.4) is 0 Å². The molecule has 2 heteroatoms. The van der Waals surface area contributed by atoms with Crippen molar-refractivity contribution in [2.75, 3.05) is 0 Å². The van der Waals surface area contributed by atoms with Crippen LogP contribution >= 0.6 is 17.0 Å². The maximum absolute atomic E-state index is 5.01. The van der Waals surface area contributed by atoms with Crippen molar-refractivity contribution in [1.82, 2.24) is 0 Å². The van der Waals surface area contributed by atoms with Crippen LogP contribution in [-0.2, 0) is 0 Å². The van der Waals surface area contributed by atoms with E-state index in [2.05, 4.69) is 6.92 Å². The molecule has 0 aromatic carbocycles. The third-order valence-corrected chi connectivity index (χ3v) is 0.455. The van der Waals surface area contributed by atoms with E-state index in [1.54, 1.807) is 6.08 Å². The van der Waals surface area contributed by atoms with Gasteiger partial charge < -0.3 is 14.0 Å². The molecule has 0 atom stereocenters. The van der Waals surface area contributed by atoms with Crippen molar-refractivity contribution >= 4 is 40.0 Å². The van der Waals surface area contributed by atoms with Gasteiger partial charge in [-0.05, 0) is 0 Å². The SMILES string of the molecule is Br.[CH-]=CCCC.[CH3-].[Mg+2]. The molecule has 0 N–H and O–H groups in total. The molecule has 46 valence electrons. The van der Waals surface area contributed by atoms with Crippen LogP contribution in [0.5, 0.6) is 0 Å². The minimum Gasteiger partial charge on any atom is -0.518 e. The molecular formula is C6H13BrMg. The normalized spacial score (nSPS) is 4.62. The van der Waals surface area contributed by atoms with E-state index in [1.165, 1.54) is 0 Å². The molecule has 0 aromatic rings. The molecule has 0 saturated heterocycles. The molecule has 0 aliphatic heterocycles. The molecule has 0 amide bonds.